The summed E-state index contributed by atoms with van der Waals surface area (Å²) in [4.78, 5) is 0. The molecule has 1 aromatic heterocycles. The summed E-state index contributed by atoms with van der Waals surface area (Å²) in [5.41, 5.74) is 0.429. The minimum atomic E-state index is -0.603. The van der Waals surface area contributed by atoms with Crippen LogP contribution < -0.4 is 5.32 Å². The van der Waals surface area contributed by atoms with Gasteiger partial charge in [-0.3, -0.25) is 0 Å². The molecule has 0 atom stereocenters. The van der Waals surface area contributed by atoms with Crippen molar-refractivity contribution in [2.45, 2.75) is 26.3 Å². The van der Waals surface area contributed by atoms with Crippen LogP contribution in [-0.4, -0.2) is 22.8 Å². The lowest BCUT2D eigenvalue weighted by molar-refractivity contribution is 0.584. The van der Waals surface area contributed by atoms with Gasteiger partial charge in [0, 0.05) is 30.6 Å². The largest absolute Gasteiger partial charge is 0.314 e. The Balaban J connectivity index is 2.07. The van der Waals surface area contributed by atoms with Crippen LogP contribution in [-0.2, 0) is 6.42 Å². The van der Waals surface area contributed by atoms with Crippen LogP contribution >= 0.6 is 11.3 Å². The number of benzene rings is 1. The molecule has 3 nitrogen and oxygen atoms in total. The van der Waals surface area contributed by atoms with E-state index in [4.69, 9.17) is 0 Å². The van der Waals surface area contributed by atoms with E-state index in [2.05, 4.69) is 29.4 Å². The molecule has 1 N–H and O–H groups in total. The molecule has 2 rings (SSSR count). The SMILES string of the molecule is CC(C)NCCc1nnc(-c2cc(F)cc(F)c2)s1. The van der Waals surface area contributed by atoms with Crippen LogP contribution in [0.4, 0.5) is 8.78 Å². The fourth-order valence-corrected chi connectivity index (χ4v) is 2.44. The Morgan fingerprint density at radius 3 is 2.47 bits per heavy atom. The Bertz CT molecular complexity index is 534. The maximum atomic E-state index is 13.1. The maximum absolute atomic E-state index is 13.1. The van der Waals surface area contributed by atoms with Crippen LogP contribution in [0, 0.1) is 11.6 Å². The van der Waals surface area contributed by atoms with Crippen molar-refractivity contribution in [3.63, 3.8) is 0 Å². The summed E-state index contributed by atoms with van der Waals surface area (Å²) in [5.74, 6) is -1.21. The van der Waals surface area contributed by atoms with Gasteiger partial charge in [0.1, 0.15) is 21.6 Å². The highest BCUT2D eigenvalue weighted by molar-refractivity contribution is 7.14. The molecule has 0 aliphatic rings. The van der Waals surface area contributed by atoms with Gasteiger partial charge in [0.15, 0.2) is 0 Å². The van der Waals surface area contributed by atoms with E-state index in [9.17, 15) is 8.78 Å². The molecule has 0 saturated carbocycles. The van der Waals surface area contributed by atoms with Crippen LogP contribution in [0.25, 0.3) is 10.6 Å². The zero-order chi connectivity index (χ0) is 13.8. The molecule has 2 aromatic rings. The molecule has 19 heavy (non-hydrogen) atoms. The molecule has 0 spiro atoms. The third-order valence-electron chi connectivity index (χ3n) is 2.47. The van der Waals surface area contributed by atoms with Crippen LogP contribution in [0.5, 0.6) is 0 Å². The van der Waals surface area contributed by atoms with Crippen molar-refractivity contribution in [2.75, 3.05) is 6.54 Å². The van der Waals surface area contributed by atoms with Crippen LogP contribution in [0.3, 0.4) is 0 Å². The highest BCUT2D eigenvalue weighted by Gasteiger charge is 2.09. The predicted molar refractivity (Wildman–Crippen MR) is 72.1 cm³/mol. The average molecular weight is 283 g/mol. The predicted octanol–water partition coefficient (Wildman–Crippen LogP) is 3.02. The molecule has 0 unspecified atom stereocenters. The van der Waals surface area contributed by atoms with E-state index in [0.29, 0.717) is 16.6 Å². The second kappa shape index (κ2) is 6.16. The van der Waals surface area contributed by atoms with E-state index in [0.717, 1.165) is 24.0 Å². The van der Waals surface area contributed by atoms with Gasteiger partial charge >= 0.3 is 0 Å². The number of aromatic nitrogens is 2. The van der Waals surface area contributed by atoms with Gasteiger partial charge in [-0.2, -0.15) is 0 Å². The molecule has 102 valence electrons. The van der Waals surface area contributed by atoms with E-state index in [-0.39, 0.29) is 0 Å². The van der Waals surface area contributed by atoms with E-state index in [1.807, 2.05) is 0 Å². The number of nitrogens with one attached hydrogen (secondary N) is 1. The molecule has 0 amide bonds. The Morgan fingerprint density at radius 2 is 1.84 bits per heavy atom. The smallest absolute Gasteiger partial charge is 0.148 e. The third-order valence-corrected chi connectivity index (χ3v) is 3.50. The number of hydrogen-bond donors (Lipinski definition) is 1. The minimum absolute atomic E-state index is 0.421. The van der Waals surface area contributed by atoms with Gasteiger partial charge in [0.05, 0.1) is 0 Å². The summed E-state index contributed by atoms with van der Waals surface area (Å²) in [6.07, 6.45) is 0.758. The topological polar surface area (TPSA) is 37.8 Å². The first-order valence-corrected chi connectivity index (χ1v) is 6.88. The van der Waals surface area contributed by atoms with Crippen molar-refractivity contribution in [3.05, 3.63) is 34.8 Å². The summed E-state index contributed by atoms with van der Waals surface area (Å²) in [6.45, 7) is 4.95. The monoisotopic (exact) mass is 283 g/mol. The normalized spacial score (nSPS) is 11.2. The summed E-state index contributed by atoms with van der Waals surface area (Å²) in [5, 5.41) is 12.7. The van der Waals surface area contributed by atoms with Crippen LogP contribution in [0.15, 0.2) is 18.2 Å². The van der Waals surface area contributed by atoms with E-state index >= 15 is 0 Å². The van der Waals surface area contributed by atoms with Gasteiger partial charge in [-0.05, 0) is 12.1 Å². The molecular formula is C13H15F2N3S. The first kappa shape index (κ1) is 14.0. The van der Waals surface area contributed by atoms with Gasteiger partial charge < -0.3 is 5.32 Å². The Morgan fingerprint density at radius 1 is 1.16 bits per heavy atom. The van der Waals surface area contributed by atoms with E-state index in [1.165, 1.54) is 23.5 Å². The van der Waals surface area contributed by atoms with E-state index in [1.54, 1.807) is 0 Å². The highest BCUT2D eigenvalue weighted by Crippen LogP contribution is 2.25. The number of hydrogen-bond acceptors (Lipinski definition) is 4. The Hall–Kier alpha value is -1.40. The zero-order valence-corrected chi connectivity index (χ0v) is 11.6. The molecule has 0 fully saturated rings. The van der Waals surface area contributed by atoms with Crippen molar-refractivity contribution in [1.29, 1.82) is 0 Å². The molecule has 0 bridgehead atoms. The lowest BCUT2D eigenvalue weighted by Crippen LogP contribution is -2.24. The number of nitrogens with zero attached hydrogens (tertiary/aromatic N) is 2. The van der Waals surface area contributed by atoms with Crippen molar-refractivity contribution in [1.82, 2.24) is 15.5 Å². The fraction of sp³-hybridized carbons (Fsp3) is 0.385. The van der Waals surface area contributed by atoms with Gasteiger partial charge in [-0.1, -0.05) is 25.2 Å². The van der Waals surface area contributed by atoms with Crippen molar-refractivity contribution < 1.29 is 8.78 Å². The third kappa shape index (κ3) is 4.04. The molecule has 0 aliphatic carbocycles. The highest BCUT2D eigenvalue weighted by atomic mass is 32.1. The lowest BCUT2D eigenvalue weighted by Gasteiger charge is -2.05. The van der Waals surface area contributed by atoms with Gasteiger partial charge in [-0.25, -0.2) is 8.78 Å². The van der Waals surface area contributed by atoms with Crippen molar-refractivity contribution in [3.8, 4) is 10.6 Å². The first-order valence-electron chi connectivity index (χ1n) is 6.07. The van der Waals surface area contributed by atoms with Gasteiger partial charge in [0.25, 0.3) is 0 Å². The van der Waals surface area contributed by atoms with E-state index < -0.39 is 11.6 Å². The average Bonchev–Trinajstić information content (AvgIpc) is 2.76. The molecule has 6 heteroatoms. The summed E-state index contributed by atoms with van der Waals surface area (Å²) in [7, 11) is 0. The summed E-state index contributed by atoms with van der Waals surface area (Å²) >= 11 is 1.36. The lowest BCUT2D eigenvalue weighted by atomic mass is 10.2. The second-order valence-corrected chi connectivity index (χ2v) is 5.58. The van der Waals surface area contributed by atoms with Crippen LogP contribution in [0.1, 0.15) is 18.9 Å². The molecular weight excluding hydrogens is 268 g/mol. The molecule has 1 heterocycles. The van der Waals surface area contributed by atoms with Gasteiger partial charge in [-0.15, -0.1) is 10.2 Å². The number of rotatable bonds is 5. The first-order chi connectivity index (χ1) is 9.04. The minimum Gasteiger partial charge on any atom is -0.314 e. The maximum Gasteiger partial charge on any atom is 0.148 e. The Kier molecular flexibility index (Phi) is 4.55. The van der Waals surface area contributed by atoms with Gasteiger partial charge in [0.2, 0.25) is 0 Å². The quantitative estimate of drug-likeness (QED) is 0.916. The zero-order valence-electron chi connectivity index (χ0n) is 10.8. The summed E-state index contributed by atoms with van der Waals surface area (Å²) in [6, 6.07) is 3.79. The molecule has 0 aliphatic heterocycles. The summed E-state index contributed by atoms with van der Waals surface area (Å²) < 4.78 is 26.2. The molecule has 0 saturated heterocycles. The molecule has 0 radical (unpaired) electrons. The standard InChI is InChI=1S/C13H15F2N3S/c1-8(2)16-4-3-12-17-18-13(19-12)9-5-10(14)7-11(15)6-9/h5-8,16H,3-4H2,1-2H3. The van der Waals surface area contributed by atoms with Crippen molar-refractivity contribution >= 4 is 11.3 Å². The van der Waals surface area contributed by atoms with Crippen molar-refractivity contribution in [2.24, 2.45) is 0 Å². The van der Waals surface area contributed by atoms with Crippen LogP contribution in [0.2, 0.25) is 0 Å². The Labute approximate surface area is 114 Å². The number of halogens is 2. The second-order valence-electron chi connectivity index (χ2n) is 4.52. The molecule has 1 aromatic carbocycles. The fourth-order valence-electron chi connectivity index (χ4n) is 1.62.